The molecule has 2 nitrogen and oxygen atoms in total. The normalized spacial score (nSPS) is 11.0. The van der Waals surface area contributed by atoms with Crippen LogP contribution in [0.2, 0.25) is 0 Å². The van der Waals surface area contributed by atoms with E-state index < -0.39 is 12.8 Å². The maximum absolute atomic E-state index is 10.5. The van der Waals surface area contributed by atoms with Gasteiger partial charge in [0.15, 0.2) is 0 Å². The zero-order chi connectivity index (χ0) is 16.8. The van der Waals surface area contributed by atoms with Crippen molar-refractivity contribution in [3.05, 3.63) is 29.8 Å². The number of rotatable bonds is 8. The number of aryl methyl sites for hydroxylation is 1. The topological polar surface area (TPSA) is 40.5 Å². The predicted molar refractivity (Wildman–Crippen MR) is 82.9 cm³/mol. The Morgan fingerprint density at radius 3 is 1.77 bits per heavy atom. The van der Waals surface area contributed by atoms with E-state index in [0.29, 0.717) is 5.75 Å². The monoisotopic (exact) mass is 320 g/mol. The minimum absolute atomic E-state index is 0.364. The molecule has 0 aliphatic carbocycles. The Hall–Kier alpha value is -1.23. The number of aliphatic hydroxyl groups is 1. The van der Waals surface area contributed by atoms with Gasteiger partial charge in [0.2, 0.25) is 0 Å². The van der Waals surface area contributed by atoms with Gasteiger partial charge in [0.25, 0.3) is 0 Å². The molecule has 0 heterocycles. The summed E-state index contributed by atoms with van der Waals surface area (Å²) in [6, 6.07) is 7.59. The Morgan fingerprint density at radius 1 is 0.864 bits per heavy atom. The summed E-state index contributed by atoms with van der Waals surface area (Å²) in [5, 5.41) is 16.4. The number of halogens is 3. The highest BCUT2D eigenvalue weighted by Gasteiger charge is 2.24. The SMILES string of the molecule is CCCCCCCCCc1ccc(O)cc1.OCC(F)(F)F. The second kappa shape index (κ2) is 12.3. The Morgan fingerprint density at radius 2 is 1.32 bits per heavy atom. The maximum atomic E-state index is 10.5. The van der Waals surface area contributed by atoms with Gasteiger partial charge < -0.3 is 10.2 Å². The highest BCUT2D eigenvalue weighted by atomic mass is 19.4. The summed E-state index contributed by atoms with van der Waals surface area (Å²) in [5.41, 5.74) is 1.34. The fourth-order valence-electron chi connectivity index (χ4n) is 1.95. The van der Waals surface area contributed by atoms with Crippen LogP contribution in [0.5, 0.6) is 5.75 Å². The van der Waals surface area contributed by atoms with Crippen molar-refractivity contribution in [2.24, 2.45) is 0 Å². The summed E-state index contributed by atoms with van der Waals surface area (Å²) in [4.78, 5) is 0. The van der Waals surface area contributed by atoms with Crippen LogP contribution >= 0.6 is 0 Å². The molecule has 0 aliphatic heterocycles. The zero-order valence-corrected chi connectivity index (χ0v) is 13.2. The lowest BCUT2D eigenvalue weighted by molar-refractivity contribution is -0.159. The van der Waals surface area contributed by atoms with Crippen molar-refractivity contribution in [1.29, 1.82) is 0 Å². The first-order valence-electron chi connectivity index (χ1n) is 7.84. The number of unbranched alkanes of at least 4 members (excludes halogenated alkanes) is 6. The van der Waals surface area contributed by atoms with Crippen LogP contribution in [-0.2, 0) is 6.42 Å². The molecular weight excluding hydrogens is 293 g/mol. The summed E-state index contributed by atoms with van der Waals surface area (Å²) >= 11 is 0. The van der Waals surface area contributed by atoms with Gasteiger partial charge in [-0.3, -0.25) is 0 Å². The van der Waals surface area contributed by atoms with E-state index in [1.54, 1.807) is 12.1 Å². The third-order valence-electron chi connectivity index (χ3n) is 3.18. The lowest BCUT2D eigenvalue weighted by atomic mass is 10.0. The van der Waals surface area contributed by atoms with E-state index in [-0.39, 0.29) is 0 Å². The van der Waals surface area contributed by atoms with Crippen LogP contribution in [0.1, 0.15) is 57.4 Å². The average Bonchev–Trinajstić information content (AvgIpc) is 2.48. The molecule has 0 radical (unpaired) electrons. The number of phenols is 1. The number of aliphatic hydroxyl groups excluding tert-OH is 1. The average molecular weight is 320 g/mol. The second-order valence-electron chi connectivity index (χ2n) is 5.31. The molecule has 0 saturated carbocycles. The van der Waals surface area contributed by atoms with Crippen LogP contribution in [0, 0.1) is 0 Å². The fraction of sp³-hybridized carbons (Fsp3) is 0.647. The molecule has 22 heavy (non-hydrogen) atoms. The van der Waals surface area contributed by atoms with Gasteiger partial charge in [0.1, 0.15) is 12.4 Å². The molecule has 1 aromatic carbocycles. The van der Waals surface area contributed by atoms with E-state index in [9.17, 15) is 13.2 Å². The Kier molecular flexibility index (Phi) is 11.6. The zero-order valence-electron chi connectivity index (χ0n) is 13.2. The highest BCUT2D eigenvalue weighted by molar-refractivity contribution is 5.25. The van der Waals surface area contributed by atoms with E-state index in [1.807, 2.05) is 12.1 Å². The first kappa shape index (κ1) is 20.8. The summed E-state index contributed by atoms with van der Waals surface area (Å²) in [6.07, 6.45) is 6.23. The summed E-state index contributed by atoms with van der Waals surface area (Å²) < 4.78 is 31.6. The van der Waals surface area contributed by atoms with Crippen molar-refractivity contribution in [1.82, 2.24) is 0 Å². The van der Waals surface area contributed by atoms with Gasteiger partial charge in [0.05, 0.1) is 0 Å². The van der Waals surface area contributed by atoms with E-state index >= 15 is 0 Å². The molecule has 0 aliphatic rings. The minimum atomic E-state index is -4.40. The summed E-state index contributed by atoms with van der Waals surface area (Å²) in [6.45, 7) is 0.526. The number of hydrogen-bond acceptors (Lipinski definition) is 2. The molecule has 0 bridgehead atoms. The second-order valence-corrected chi connectivity index (χ2v) is 5.31. The molecule has 1 rings (SSSR count). The first-order valence-corrected chi connectivity index (χ1v) is 7.84. The summed E-state index contributed by atoms with van der Waals surface area (Å²) in [7, 11) is 0. The molecule has 0 saturated heterocycles. The molecule has 0 aromatic heterocycles. The van der Waals surface area contributed by atoms with Gasteiger partial charge in [-0.2, -0.15) is 13.2 Å². The van der Waals surface area contributed by atoms with Crippen molar-refractivity contribution >= 4 is 0 Å². The Balaban J connectivity index is 0.000000626. The van der Waals surface area contributed by atoms with Gasteiger partial charge >= 0.3 is 6.18 Å². The molecule has 128 valence electrons. The van der Waals surface area contributed by atoms with Crippen LogP contribution < -0.4 is 0 Å². The van der Waals surface area contributed by atoms with E-state index in [1.165, 1.54) is 50.5 Å². The minimum Gasteiger partial charge on any atom is -0.508 e. The van der Waals surface area contributed by atoms with Crippen molar-refractivity contribution in [3.8, 4) is 5.75 Å². The third-order valence-corrected chi connectivity index (χ3v) is 3.18. The molecule has 5 heteroatoms. The largest absolute Gasteiger partial charge is 0.508 e. The van der Waals surface area contributed by atoms with E-state index in [0.717, 1.165) is 6.42 Å². The van der Waals surface area contributed by atoms with E-state index in [2.05, 4.69) is 6.92 Å². The van der Waals surface area contributed by atoms with Crippen LogP contribution in [0.3, 0.4) is 0 Å². The number of benzene rings is 1. The molecule has 2 N–H and O–H groups in total. The fourth-order valence-corrected chi connectivity index (χ4v) is 1.95. The number of aromatic hydroxyl groups is 1. The third kappa shape index (κ3) is 13.7. The standard InChI is InChI=1S/C15H24O.C2H3F3O/c1-2-3-4-5-6-7-8-9-14-10-12-15(16)13-11-14;3-2(4,5)1-6/h10-13,16H,2-9H2,1H3;6H,1H2. The lowest BCUT2D eigenvalue weighted by Crippen LogP contribution is -2.12. The van der Waals surface area contributed by atoms with Crippen molar-refractivity contribution < 1.29 is 23.4 Å². The van der Waals surface area contributed by atoms with Crippen molar-refractivity contribution in [3.63, 3.8) is 0 Å². The van der Waals surface area contributed by atoms with Gasteiger partial charge in [0, 0.05) is 0 Å². The van der Waals surface area contributed by atoms with Crippen molar-refractivity contribution in [2.45, 2.75) is 64.5 Å². The maximum Gasteiger partial charge on any atom is 0.411 e. The number of phenolic OH excluding ortho intramolecular Hbond substituents is 1. The molecule has 1 aromatic rings. The first-order chi connectivity index (χ1) is 10.4. The Labute approximate surface area is 131 Å². The smallest absolute Gasteiger partial charge is 0.411 e. The van der Waals surface area contributed by atoms with Crippen LogP contribution in [0.25, 0.3) is 0 Å². The molecule has 0 amide bonds. The predicted octanol–water partition coefficient (Wildman–Crippen LogP) is 5.23. The number of alkyl halides is 3. The molecule has 0 fully saturated rings. The van der Waals surface area contributed by atoms with Gasteiger partial charge in [-0.1, -0.05) is 57.6 Å². The molecule has 0 atom stereocenters. The van der Waals surface area contributed by atoms with Crippen LogP contribution in [0.15, 0.2) is 24.3 Å². The molecule has 0 spiro atoms. The van der Waals surface area contributed by atoms with Gasteiger partial charge in [-0.05, 0) is 30.5 Å². The summed E-state index contributed by atoms with van der Waals surface area (Å²) in [5.74, 6) is 0.364. The highest BCUT2D eigenvalue weighted by Crippen LogP contribution is 2.13. The Bertz CT molecular complexity index is 361. The lowest BCUT2D eigenvalue weighted by Gasteiger charge is -2.02. The molecule has 0 unspecified atom stereocenters. The number of hydrogen-bond donors (Lipinski definition) is 2. The van der Waals surface area contributed by atoms with Crippen LogP contribution in [-0.4, -0.2) is 23.0 Å². The van der Waals surface area contributed by atoms with E-state index in [4.69, 9.17) is 10.2 Å². The van der Waals surface area contributed by atoms with Crippen LogP contribution in [0.4, 0.5) is 13.2 Å². The molecular formula is C17H27F3O2. The van der Waals surface area contributed by atoms with Crippen molar-refractivity contribution in [2.75, 3.05) is 6.61 Å². The van der Waals surface area contributed by atoms with Gasteiger partial charge in [-0.25, -0.2) is 0 Å². The van der Waals surface area contributed by atoms with Gasteiger partial charge in [-0.15, -0.1) is 0 Å². The quantitative estimate of drug-likeness (QED) is 0.644.